The molecule has 1 heterocycles. The smallest absolute Gasteiger partial charge is 0.416 e. The average molecular weight is 344 g/mol. The number of nitrogens with two attached hydrogens (primary N) is 1. The minimum Gasteiger partial charge on any atom is -0.465 e. The van der Waals surface area contributed by atoms with Crippen molar-refractivity contribution in [1.82, 2.24) is 4.98 Å². The number of halogens is 4. The van der Waals surface area contributed by atoms with Gasteiger partial charge in [-0.3, -0.25) is 5.32 Å². The van der Waals surface area contributed by atoms with Gasteiger partial charge in [-0.1, -0.05) is 0 Å². The Morgan fingerprint density at radius 2 is 1.96 bits per heavy atom. The summed E-state index contributed by atoms with van der Waals surface area (Å²) in [5.41, 5.74) is 4.60. The van der Waals surface area contributed by atoms with Crippen LogP contribution in [-0.4, -0.2) is 16.2 Å². The van der Waals surface area contributed by atoms with Crippen molar-refractivity contribution < 1.29 is 27.5 Å². The van der Waals surface area contributed by atoms with Crippen molar-refractivity contribution in [2.75, 3.05) is 16.4 Å². The predicted molar refractivity (Wildman–Crippen MR) is 79.0 cm³/mol. The maximum atomic E-state index is 13.3. The lowest BCUT2D eigenvalue weighted by Crippen LogP contribution is -2.11. The van der Waals surface area contributed by atoms with Crippen molar-refractivity contribution >= 4 is 23.4 Å². The van der Waals surface area contributed by atoms with Gasteiger partial charge in [-0.2, -0.15) is 13.2 Å². The maximum absolute atomic E-state index is 13.3. The fraction of sp³-hybridized carbons (Fsp3) is 0.143. The molecule has 0 saturated carbocycles. The van der Waals surface area contributed by atoms with E-state index in [0.717, 1.165) is 12.1 Å². The second-order valence-corrected chi connectivity index (χ2v) is 4.76. The molecule has 0 bridgehead atoms. The molecule has 1 aromatic heterocycles. The fourth-order valence-corrected chi connectivity index (χ4v) is 1.90. The highest BCUT2D eigenvalue weighted by molar-refractivity contribution is 5.86. The van der Waals surface area contributed by atoms with Crippen LogP contribution in [0.4, 0.5) is 39.7 Å². The van der Waals surface area contributed by atoms with Crippen molar-refractivity contribution in [3.63, 3.8) is 0 Å². The summed E-state index contributed by atoms with van der Waals surface area (Å²) >= 11 is 0. The van der Waals surface area contributed by atoms with Crippen LogP contribution in [0.5, 0.6) is 0 Å². The Labute approximate surface area is 133 Å². The van der Waals surface area contributed by atoms with Gasteiger partial charge < -0.3 is 16.2 Å². The van der Waals surface area contributed by atoms with Gasteiger partial charge in [0.05, 0.1) is 11.3 Å². The zero-order valence-electron chi connectivity index (χ0n) is 12.0. The van der Waals surface area contributed by atoms with Gasteiger partial charge in [0.15, 0.2) is 0 Å². The van der Waals surface area contributed by atoms with Crippen molar-refractivity contribution in [1.29, 1.82) is 0 Å². The summed E-state index contributed by atoms with van der Waals surface area (Å²) in [5.74, 6) is -0.922. The third-order valence-corrected chi connectivity index (χ3v) is 2.92. The molecule has 2 rings (SSSR count). The highest BCUT2D eigenvalue weighted by atomic mass is 19.4. The van der Waals surface area contributed by atoms with Gasteiger partial charge in [-0.15, -0.1) is 0 Å². The summed E-state index contributed by atoms with van der Waals surface area (Å²) in [7, 11) is 0. The molecule has 0 aliphatic carbocycles. The number of benzene rings is 1. The van der Waals surface area contributed by atoms with Gasteiger partial charge in [-0.25, -0.2) is 14.2 Å². The van der Waals surface area contributed by atoms with Gasteiger partial charge in [0.1, 0.15) is 17.5 Å². The minimum atomic E-state index is -4.65. The first-order valence-corrected chi connectivity index (χ1v) is 6.52. The molecule has 0 unspecified atom stereocenters. The molecular formula is C14H12F4N4O2. The van der Waals surface area contributed by atoms with E-state index in [2.05, 4.69) is 10.3 Å². The molecule has 0 atom stereocenters. The van der Waals surface area contributed by atoms with Crippen LogP contribution < -0.4 is 16.4 Å². The van der Waals surface area contributed by atoms with Crippen LogP contribution in [0.1, 0.15) is 11.1 Å². The number of nitrogen functional groups attached to an aromatic ring is 1. The number of hydrogen-bond donors (Lipinski definition) is 4. The SMILES string of the molecule is Nc1nc(NCc2cc(F)cc(C(F)(F)F)c2)ccc1NC(=O)O. The number of pyridine rings is 1. The molecule has 0 spiro atoms. The zero-order chi connectivity index (χ0) is 17.9. The van der Waals surface area contributed by atoms with E-state index in [9.17, 15) is 22.4 Å². The Kier molecular flexibility index (Phi) is 4.77. The van der Waals surface area contributed by atoms with Crippen molar-refractivity contribution in [3.8, 4) is 0 Å². The third kappa shape index (κ3) is 4.48. The lowest BCUT2D eigenvalue weighted by molar-refractivity contribution is -0.137. The number of rotatable bonds is 4. The largest absolute Gasteiger partial charge is 0.465 e. The first kappa shape index (κ1) is 17.3. The van der Waals surface area contributed by atoms with Gasteiger partial charge >= 0.3 is 12.3 Å². The molecule has 0 aliphatic heterocycles. The van der Waals surface area contributed by atoms with Gasteiger partial charge in [0.2, 0.25) is 0 Å². The second-order valence-electron chi connectivity index (χ2n) is 4.76. The molecule has 128 valence electrons. The molecule has 6 nitrogen and oxygen atoms in total. The molecule has 5 N–H and O–H groups in total. The summed E-state index contributed by atoms with van der Waals surface area (Å²) in [6.45, 7) is -0.126. The third-order valence-electron chi connectivity index (χ3n) is 2.92. The lowest BCUT2D eigenvalue weighted by Gasteiger charge is -2.11. The number of carbonyl (C=O) groups is 1. The molecule has 24 heavy (non-hydrogen) atoms. The molecule has 0 saturated heterocycles. The van der Waals surface area contributed by atoms with Crippen LogP contribution >= 0.6 is 0 Å². The quantitative estimate of drug-likeness (QED) is 0.636. The van der Waals surface area contributed by atoms with Crippen LogP contribution in [0.15, 0.2) is 30.3 Å². The normalized spacial score (nSPS) is 11.2. The Hall–Kier alpha value is -3.04. The summed E-state index contributed by atoms with van der Waals surface area (Å²) in [6, 6.07) is 4.91. The fourth-order valence-electron chi connectivity index (χ4n) is 1.90. The molecule has 1 aromatic carbocycles. The number of nitrogens with one attached hydrogen (secondary N) is 2. The van der Waals surface area contributed by atoms with Gasteiger partial charge in [0.25, 0.3) is 0 Å². The number of alkyl halides is 3. The summed E-state index contributed by atoms with van der Waals surface area (Å²) in [5, 5.41) is 13.3. The number of carboxylic acid groups (broad SMARTS) is 1. The average Bonchev–Trinajstić information content (AvgIpc) is 2.46. The topological polar surface area (TPSA) is 100 Å². The van der Waals surface area contributed by atoms with Crippen LogP contribution in [0.2, 0.25) is 0 Å². The molecule has 2 aromatic rings. The van der Waals surface area contributed by atoms with Crippen molar-refractivity contribution in [3.05, 3.63) is 47.3 Å². The van der Waals surface area contributed by atoms with Gasteiger partial charge in [-0.05, 0) is 35.9 Å². The molecule has 0 radical (unpaired) electrons. The van der Waals surface area contributed by atoms with Crippen molar-refractivity contribution in [2.45, 2.75) is 12.7 Å². The van der Waals surface area contributed by atoms with Crippen LogP contribution in [0, 0.1) is 5.82 Å². The minimum absolute atomic E-state index is 0.0652. The molecule has 1 amide bonds. The van der Waals surface area contributed by atoms with E-state index in [0.29, 0.717) is 6.07 Å². The van der Waals surface area contributed by atoms with E-state index in [-0.39, 0.29) is 29.4 Å². The highest BCUT2D eigenvalue weighted by Crippen LogP contribution is 2.30. The zero-order valence-corrected chi connectivity index (χ0v) is 12.0. The number of nitrogens with zero attached hydrogens (tertiary/aromatic N) is 1. The first-order chi connectivity index (χ1) is 11.1. The van der Waals surface area contributed by atoms with Gasteiger partial charge in [0, 0.05) is 6.54 Å². The van der Waals surface area contributed by atoms with Crippen LogP contribution in [0.3, 0.4) is 0 Å². The van der Waals surface area contributed by atoms with E-state index < -0.39 is 23.7 Å². The summed E-state index contributed by atoms with van der Waals surface area (Å²) < 4.78 is 51.2. The Morgan fingerprint density at radius 3 is 2.54 bits per heavy atom. The second kappa shape index (κ2) is 6.60. The van der Waals surface area contributed by atoms with Crippen molar-refractivity contribution in [2.24, 2.45) is 0 Å². The Bertz CT molecular complexity index is 765. The molecular weight excluding hydrogens is 332 g/mol. The summed E-state index contributed by atoms with van der Waals surface area (Å²) in [4.78, 5) is 14.4. The highest BCUT2D eigenvalue weighted by Gasteiger charge is 2.31. The first-order valence-electron chi connectivity index (χ1n) is 6.52. The number of hydrogen-bond acceptors (Lipinski definition) is 4. The number of amides is 1. The van der Waals surface area contributed by atoms with E-state index in [4.69, 9.17) is 10.8 Å². The van der Waals surface area contributed by atoms with Crippen LogP contribution in [0.25, 0.3) is 0 Å². The van der Waals surface area contributed by atoms with E-state index >= 15 is 0 Å². The number of aromatic nitrogens is 1. The number of anilines is 3. The predicted octanol–water partition coefficient (Wildman–Crippen LogP) is 3.52. The van der Waals surface area contributed by atoms with E-state index in [1.165, 1.54) is 12.1 Å². The van der Waals surface area contributed by atoms with Crippen LogP contribution in [-0.2, 0) is 12.7 Å². The lowest BCUT2D eigenvalue weighted by atomic mass is 10.1. The maximum Gasteiger partial charge on any atom is 0.416 e. The molecule has 0 aliphatic rings. The summed E-state index contributed by atoms with van der Waals surface area (Å²) in [6.07, 6.45) is -5.97. The van der Waals surface area contributed by atoms with E-state index in [1.54, 1.807) is 0 Å². The molecule has 0 fully saturated rings. The van der Waals surface area contributed by atoms with E-state index in [1.807, 2.05) is 5.32 Å². The standard InChI is InChI=1S/C14H12F4N4O2/c15-9-4-7(3-8(5-9)14(16,17)18)6-20-11-2-1-10(12(19)22-11)21-13(23)24/h1-5,21H,6H2,(H,23,24)(H3,19,20,22). The Balaban J connectivity index is 2.12. The monoisotopic (exact) mass is 344 g/mol. The Morgan fingerprint density at radius 1 is 1.25 bits per heavy atom. The molecule has 10 heteroatoms.